The molecule has 1 aromatic carbocycles. The summed E-state index contributed by atoms with van der Waals surface area (Å²) in [5.74, 6) is 1.04. The zero-order valence-electron chi connectivity index (χ0n) is 16.0. The summed E-state index contributed by atoms with van der Waals surface area (Å²) in [6.45, 7) is 19.7. The number of hydrogen-bond donors (Lipinski definition) is 1. The summed E-state index contributed by atoms with van der Waals surface area (Å²) in [6.07, 6.45) is 1.10. The van der Waals surface area contributed by atoms with Gasteiger partial charge in [-0.05, 0) is 48.8 Å². The molecule has 0 aromatic heterocycles. The Morgan fingerprint density at radius 2 is 1.36 bits per heavy atom. The molecule has 0 spiro atoms. The van der Waals surface area contributed by atoms with Crippen molar-refractivity contribution in [1.82, 2.24) is 0 Å². The fourth-order valence-corrected chi connectivity index (χ4v) is 2.58. The smallest absolute Gasteiger partial charge is 0.127 e. The predicted octanol–water partition coefficient (Wildman–Crippen LogP) is 5.48. The molecule has 1 unspecified atom stereocenters. The molecule has 1 aromatic rings. The van der Waals surface area contributed by atoms with Crippen molar-refractivity contribution in [2.45, 2.75) is 91.7 Å². The Kier molecular flexibility index (Phi) is 5.72. The number of benzene rings is 1. The lowest BCUT2D eigenvalue weighted by Gasteiger charge is -2.32. The van der Waals surface area contributed by atoms with E-state index >= 15 is 0 Å². The highest BCUT2D eigenvalue weighted by Gasteiger charge is 2.29. The molecule has 0 bridgehead atoms. The summed E-state index contributed by atoms with van der Waals surface area (Å²) in [6, 6.07) is 4.58. The summed E-state index contributed by atoms with van der Waals surface area (Å²) in [5, 5.41) is 0. The number of ether oxygens (including phenoxy) is 1. The highest BCUT2D eigenvalue weighted by atomic mass is 16.5. The van der Waals surface area contributed by atoms with Crippen molar-refractivity contribution in [2.24, 2.45) is 5.73 Å². The van der Waals surface area contributed by atoms with Gasteiger partial charge >= 0.3 is 0 Å². The lowest BCUT2D eigenvalue weighted by molar-refractivity contribution is 0.230. The second-order valence-electron chi connectivity index (χ2n) is 8.63. The van der Waals surface area contributed by atoms with Crippen LogP contribution in [0.1, 0.15) is 91.5 Å². The fourth-order valence-electron chi connectivity index (χ4n) is 2.58. The van der Waals surface area contributed by atoms with Crippen LogP contribution in [0.5, 0.6) is 5.75 Å². The molecule has 2 heteroatoms. The first-order valence-corrected chi connectivity index (χ1v) is 8.49. The van der Waals surface area contributed by atoms with Gasteiger partial charge in [0.1, 0.15) is 5.75 Å². The van der Waals surface area contributed by atoms with Crippen LogP contribution in [0, 0.1) is 0 Å². The zero-order chi connectivity index (χ0) is 17.3. The molecule has 0 aliphatic rings. The molecule has 2 nitrogen and oxygen atoms in total. The van der Waals surface area contributed by atoms with Crippen LogP contribution in [0.25, 0.3) is 0 Å². The molecule has 0 heterocycles. The van der Waals surface area contributed by atoms with Crippen LogP contribution in [0.3, 0.4) is 0 Å². The normalized spacial score (nSPS) is 14.3. The van der Waals surface area contributed by atoms with E-state index < -0.39 is 0 Å². The Hall–Kier alpha value is -1.02. The molecule has 1 rings (SSSR count). The molecule has 0 aliphatic carbocycles. The molecule has 126 valence electrons. The van der Waals surface area contributed by atoms with Crippen molar-refractivity contribution < 1.29 is 4.74 Å². The largest absolute Gasteiger partial charge is 0.490 e. The van der Waals surface area contributed by atoms with Crippen molar-refractivity contribution >= 4 is 0 Å². The molecule has 0 aliphatic heterocycles. The second-order valence-corrected chi connectivity index (χ2v) is 8.63. The van der Waals surface area contributed by atoms with Gasteiger partial charge in [0.2, 0.25) is 0 Å². The Bertz CT molecular complexity index is 468. The van der Waals surface area contributed by atoms with Crippen LogP contribution in [0.2, 0.25) is 0 Å². The van der Waals surface area contributed by atoms with Gasteiger partial charge in [-0.15, -0.1) is 0 Å². The van der Waals surface area contributed by atoms with Crippen LogP contribution < -0.4 is 10.5 Å². The van der Waals surface area contributed by atoms with Gasteiger partial charge < -0.3 is 10.5 Å². The predicted molar refractivity (Wildman–Crippen MR) is 96.8 cm³/mol. The summed E-state index contributed by atoms with van der Waals surface area (Å²) < 4.78 is 6.26. The minimum Gasteiger partial charge on any atom is -0.490 e. The van der Waals surface area contributed by atoms with E-state index in [0.29, 0.717) is 0 Å². The van der Waals surface area contributed by atoms with Gasteiger partial charge in [-0.25, -0.2) is 0 Å². The van der Waals surface area contributed by atoms with E-state index in [-0.39, 0.29) is 23.0 Å². The summed E-state index contributed by atoms with van der Waals surface area (Å²) in [7, 11) is 0. The third-order valence-electron chi connectivity index (χ3n) is 3.95. The minimum atomic E-state index is 0.0215. The lowest BCUT2D eigenvalue weighted by atomic mass is 9.77. The maximum atomic E-state index is 6.33. The van der Waals surface area contributed by atoms with E-state index in [1.807, 2.05) is 0 Å². The lowest BCUT2D eigenvalue weighted by Crippen LogP contribution is -2.23. The summed E-state index contributed by atoms with van der Waals surface area (Å²) in [4.78, 5) is 0. The summed E-state index contributed by atoms with van der Waals surface area (Å²) in [5.41, 5.74) is 10.1. The van der Waals surface area contributed by atoms with E-state index in [4.69, 9.17) is 10.5 Å². The first-order chi connectivity index (χ1) is 9.87. The topological polar surface area (TPSA) is 35.2 Å². The molecule has 0 radical (unpaired) electrons. The Morgan fingerprint density at radius 3 is 1.64 bits per heavy atom. The Balaban J connectivity index is 3.69. The fraction of sp³-hybridized carbons (Fsp3) is 0.700. The van der Waals surface area contributed by atoms with Crippen molar-refractivity contribution in [1.29, 1.82) is 0 Å². The second kappa shape index (κ2) is 6.62. The van der Waals surface area contributed by atoms with Gasteiger partial charge in [-0.3, -0.25) is 0 Å². The van der Waals surface area contributed by atoms with Crippen LogP contribution in [0.15, 0.2) is 12.1 Å². The van der Waals surface area contributed by atoms with Crippen LogP contribution >= 0.6 is 0 Å². The quantitative estimate of drug-likeness (QED) is 0.799. The molecular weight excluding hydrogens is 270 g/mol. The maximum absolute atomic E-state index is 6.33. The molecule has 0 fully saturated rings. The Labute approximate surface area is 137 Å². The van der Waals surface area contributed by atoms with Crippen LogP contribution in [-0.4, -0.2) is 6.10 Å². The van der Waals surface area contributed by atoms with Gasteiger partial charge in [0.15, 0.2) is 0 Å². The van der Waals surface area contributed by atoms with Gasteiger partial charge in [-0.1, -0.05) is 48.5 Å². The minimum absolute atomic E-state index is 0.0215. The number of nitrogens with two attached hydrogens (primary N) is 1. The third-order valence-corrected chi connectivity index (χ3v) is 3.95. The first kappa shape index (κ1) is 19.0. The van der Waals surface area contributed by atoms with Crippen LogP contribution in [0.4, 0.5) is 0 Å². The van der Waals surface area contributed by atoms with Gasteiger partial charge in [0, 0.05) is 17.2 Å². The molecule has 0 saturated heterocycles. The van der Waals surface area contributed by atoms with Crippen molar-refractivity contribution in [2.75, 3.05) is 0 Å². The van der Waals surface area contributed by atoms with Crippen molar-refractivity contribution in [3.8, 4) is 5.75 Å². The molecule has 1 atom stereocenters. The van der Waals surface area contributed by atoms with Crippen LogP contribution in [-0.2, 0) is 10.8 Å². The van der Waals surface area contributed by atoms with Crippen molar-refractivity contribution in [3.63, 3.8) is 0 Å². The van der Waals surface area contributed by atoms with E-state index in [1.54, 1.807) is 0 Å². The Morgan fingerprint density at radius 1 is 0.955 bits per heavy atom. The molecule has 2 N–H and O–H groups in total. The average molecular weight is 306 g/mol. The standard InChI is InChI=1S/C20H35NO/c1-10-17(21)14-11-15(19(4,5)6)18(22-13(2)3)16(12-14)20(7,8)9/h11-13,17H,10,21H2,1-9H3. The summed E-state index contributed by atoms with van der Waals surface area (Å²) >= 11 is 0. The van der Waals surface area contributed by atoms with E-state index in [2.05, 4.69) is 74.4 Å². The molecule has 22 heavy (non-hydrogen) atoms. The van der Waals surface area contributed by atoms with E-state index in [0.717, 1.165) is 12.2 Å². The number of rotatable bonds is 4. The van der Waals surface area contributed by atoms with E-state index in [1.165, 1.54) is 16.7 Å². The number of hydrogen-bond acceptors (Lipinski definition) is 2. The van der Waals surface area contributed by atoms with Gasteiger partial charge in [-0.2, -0.15) is 0 Å². The highest BCUT2D eigenvalue weighted by molar-refractivity contribution is 5.51. The first-order valence-electron chi connectivity index (χ1n) is 8.49. The molecular formula is C20H35NO. The van der Waals surface area contributed by atoms with Gasteiger partial charge in [0.25, 0.3) is 0 Å². The maximum Gasteiger partial charge on any atom is 0.127 e. The highest BCUT2D eigenvalue weighted by Crippen LogP contribution is 2.42. The SMILES string of the molecule is CCC(N)c1cc(C(C)(C)C)c(OC(C)C)c(C(C)(C)C)c1. The van der Waals surface area contributed by atoms with Crippen molar-refractivity contribution in [3.05, 3.63) is 28.8 Å². The zero-order valence-corrected chi connectivity index (χ0v) is 16.0. The van der Waals surface area contributed by atoms with Gasteiger partial charge in [0.05, 0.1) is 6.10 Å². The average Bonchev–Trinajstić information content (AvgIpc) is 2.34. The monoisotopic (exact) mass is 305 g/mol. The molecule has 0 amide bonds. The third kappa shape index (κ3) is 4.49. The van der Waals surface area contributed by atoms with E-state index in [9.17, 15) is 0 Å². The molecule has 0 saturated carbocycles.